The minimum absolute atomic E-state index is 0.0764. The molecule has 0 radical (unpaired) electrons. The summed E-state index contributed by atoms with van der Waals surface area (Å²) in [6, 6.07) is 5.75. The molecule has 1 aliphatic heterocycles. The highest BCUT2D eigenvalue weighted by Crippen LogP contribution is 2.34. The molecule has 2 rings (SSSR count). The van der Waals surface area contributed by atoms with Gasteiger partial charge in [-0.05, 0) is 26.0 Å². The van der Waals surface area contributed by atoms with Crippen molar-refractivity contribution in [3.05, 3.63) is 18.2 Å². The average molecular weight is 294 g/mol. The van der Waals surface area contributed by atoms with Crippen LogP contribution in [-0.2, 0) is 4.74 Å². The molecule has 1 saturated heterocycles. The van der Waals surface area contributed by atoms with Gasteiger partial charge in [-0.15, -0.1) is 0 Å². The van der Waals surface area contributed by atoms with Gasteiger partial charge in [0.15, 0.2) is 0 Å². The number of hydrogen-bond acceptors (Lipinski definition) is 5. The summed E-state index contributed by atoms with van der Waals surface area (Å²) >= 11 is 0. The van der Waals surface area contributed by atoms with Crippen molar-refractivity contribution < 1.29 is 14.6 Å². The molecule has 1 aromatic rings. The van der Waals surface area contributed by atoms with E-state index in [1.165, 1.54) is 0 Å². The molecule has 1 aliphatic rings. The number of aliphatic hydroxyl groups is 1. The highest BCUT2D eigenvalue weighted by Gasteiger charge is 2.31. The number of hydrogen-bond donors (Lipinski definition) is 2. The third kappa shape index (κ3) is 4.02. The average Bonchev–Trinajstić information content (AvgIpc) is 2.41. The van der Waals surface area contributed by atoms with Crippen LogP contribution in [0.2, 0.25) is 0 Å². The Balaban J connectivity index is 2.13. The smallest absolute Gasteiger partial charge is 0.144 e. The molecule has 1 fully saturated rings. The van der Waals surface area contributed by atoms with Gasteiger partial charge in [-0.3, -0.25) is 0 Å². The molecule has 0 aliphatic carbocycles. The van der Waals surface area contributed by atoms with Crippen molar-refractivity contribution in [1.82, 2.24) is 0 Å². The van der Waals surface area contributed by atoms with Crippen LogP contribution < -0.4 is 15.4 Å². The number of rotatable bonds is 5. The monoisotopic (exact) mass is 294 g/mol. The van der Waals surface area contributed by atoms with E-state index in [2.05, 4.69) is 0 Å². The van der Waals surface area contributed by atoms with Gasteiger partial charge in [0, 0.05) is 39.6 Å². The van der Waals surface area contributed by atoms with Gasteiger partial charge in [0.05, 0.1) is 23.1 Å². The number of ether oxygens (including phenoxy) is 2. The number of benzene rings is 1. The molecule has 1 heterocycles. The largest absolute Gasteiger partial charge is 0.489 e. The van der Waals surface area contributed by atoms with E-state index in [9.17, 15) is 5.11 Å². The topological polar surface area (TPSA) is 68.0 Å². The summed E-state index contributed by atoms with van der Waals surface area (Å²) in [5.41, 5.74) is 6.99. The summed E-state index contributed by atoms with van der Waals surface area (Å²) in [4.78, 5) is 1.99. The van der Waals surface area contributed by atoms with Gasteiger partial charge in [-0.25, -0.2) is 0 Å². The predicted molar refractivity (Wildman–Crippen MR) is 84.9 cm³/mol. The van der Waals surface area contributed by atoms with E-state index < -0.39 is 5.60 Å². The summed E-state index contributed by atoms with van der Waals surface area (Å²) in [6.45, 7) is 5.69. The predicted octanol–water partition coefficient (Wildman–Crippen LogP) is 2.03. The zero-order valence-electron chi connectivity index (χ0n) is 13.1. The van der Waals surface area contributed by atoms with Crippen LogP contribution in [0.15, 0.2) is 18.2 Å². The Morgan fingerprint density at radius 1 is 1.38 bits per heavy atom. The van der Waals surface area contributed by atoms with Gasteiger partial charge < -0.3 is 25.2 Å². The zero-order valence-corrected chi connectivity index (χ0v) is 13.1. The Kier molecular flexibility index (Phi) is 4.96. The van der Waals surface area contributed by atoms with Crippen molar-refractivity contribution in [2.24, 2.45) is 0 Å². The first kappa shape index (κ1) is 15.9. The van der Waals surface area contributed by atoms with E-state index in [0.29, 0.717) is 44.0 Å². The lowest BCUT2D eigenvalue weighted by Crippen LogP contribution is -2.45. The van der Waals surface area contributed by atoms with Gasteiger partial charge in [-0.2, -0.15) is 0 Å². The number of nitrogen functional groups attached to an aromatic ring is 1. The Labute approximate surface area is 126 Å². The SMILES string of the molecule is CC(C)Oc1cccc(N(C)CC2(O)CCOCC2)c1N. The van der Waals surface area contributed by atoms with Gasteiger partial charge >= 0.3 is 0 Å². The highest BCUT2D eigenvalue weighted by molar-refractivity contribution is 5.74. The van der Waals surface area contributed by atoms with Crippen LogP contribution in [0, 0.1) is 0 Å². The van der Waals surface area contributed by atoms with E-state index in [4.69, 9.17) is 15.2 Å². The fourth-order valence-corrected chi connectivity index (χ4v) is 2.66. The summed E-state index contributed by atoms with van der Waals surface area (Å²) in [5, 5.41) is 10.6. The normalized spacial score (nSPS) is 17.8. The number of nitrogens with zero attached hydrogens (tertiary/aromatic N) is 1. The van der Waals surface area contributed by atoms with Crippen molar-refractivity contribution in [3.63, 3.8) is 0 Å². The summed E-state index contributed by atoms with van der Waals surface area (Å²) in [7, 11) is 1.94. The van der Waals surface area contributed by atoms with Crippen LogP contribution in [0.1, 0.15) is 26.7 Å². The third-order valence-electron chi connectivity index (χ3n) is 3.77. The molecular weight excluding hydrogens is 268 g/mol. The second-order valence-corrected chi connectivity index (χ2v) is 6.05. The molecule has 1 aromatic carbocycles. The first-order chi connectivity index (χ1) is 9.91. The standard InChI is InChI=1S/C16H26N2O3/c1-12(2)21-14-6-4-5-13(15(14)17)18(3)11-16(19)7-9-20-10-8-16/h4-6,12,19H,7-11,17H2,1-3H3. The molecule has 0 bridgehead atoms. The Morgan fingerprint density at radius 3 is 2.67 bits per heavy atom. The maximum Gasteiger partial charge on any atom is 0.144 e. The zero-order chi connectivity index (χ0) is 15.5. The fourth-order valence-electron chi connectivity index (χ4n) is 2.66. The first-order valence-electron chi connectivity index (χ1n) is 7.48. The number of para-hydroxylation sites is 1. The summed E-state index contributed by atoms with van der Waals surface area (Å²) in [6.07, 6.45) is 1.38. The minimum atomic E-state index is -0.714. The molecule has 0 aromatic heterocycles. The molecule has 118 valence electrons. The maximum atomic E-state index is 10.6. The lowest BCUT2D eigenvalue weighted by Gasteiger charge is -2.36. The Morgan fingerprint density at radius 2 is 2.05 bits per heavy atom. The quantitative estimate of drug-likeness (QED) is 0.813. The van der Waals surface area contributed by atoms with Gasteiger partial charge in [0.2, 0.25) is 0 Å². The highest BCUT2D eigenvalue weighted by atomic mass is 16.5. The second-order valence-electron chi connectivity index (χ2n) is 6.05. The van der Waals surface area contributed by atoms with Gasteiger partial charge in [0.25, 0.3) is 0 Å². The number of nitrogens with two attached hydrogens (primary N) is 1. The summed E-state index contributed by atoms with van der Waals surface area (Å²) < 4.78 is 11.0. The molecule has 0 saturated carbocycles. The van der Waals surface area contributed by atoms with Gasteiger partial charge in [0.1, 0.15) is 5.75 Å². The third-order valence-corrected chi connectivity index (χ3v) is 3.77. The van der Waals surface area contributed by atoms with Gasteiger partial charge in [-0.1, -0.05) is 6.07 Å². The molecule has 5 heteroatoms. The van der Waals surface area contributed by atoms with E-state index in [-0.39, 0.29) is 6.10 Å². The van der Waals surface area contributed by atoms with Crippen LogP contribution in [0.25, 0.3) is 0 Å². The molecular formula is C16H26N2O3. The lowest BCUT2D eigenvalue weighted by atomic mass is 9.93. The molecule has 3 N–H and O–H groups in total. The van der Waals surface area contributed by atoms with E-state index >= 15 is 0 Å². The van der Waals surface area contributed by atoms with Crippen molar-refractivity contribution >= 4 is 11.4 Å². The van der Waals surface area contributed by atoms with Crippen LogP contribution in [-0.4, -0.2) is 43.6 Å². The van der Waals surface area contributed by atoms with Crippen LogP contribution in [0.3, 0.4) is 0 Å². The van der Waals surface area contributed by atoms with Crippen molar-refractivity contribution in [2.45, 2.75) is 38.4 Å². The molecule has 0 amide bonds. The fraction of sp³-hybridized carbons (Fsp3) is 0.625. The first-order valence-corrected chi connectivity index (χ1v) is 7.48. The molecule has 21 heavy (non-hydrogen) atoms. The van der Waals surface area contributed by atoms with E-state index in [1.54, 1.807) is 0 Å². The lowest BCUT2D eigenvalue weighted by molar-refractivity contribution is -0.0572. The summed E-state index contributed by atoms with van der Waals surface area (Å²) in [5.74, 6) is 0.688. The number of likely N-dealkylation sites (N-methyl/N-ethyl adjacent to an activating group) is 1. The molecule has 0 unspecified atom stereocenters. The van der Waals surface area contributed by atoms with Crippen LogP contribution in [0.5, 0.6) is 5.75 Å². The Hall–Kier alpha value is -1.46. The number of anilines is 2. The van der Waals surface area contributed by atoms with E-state index in [1.807, 2.05) is 44.0 Å². The van der Waals surface area contributed by atoms with Crippen molar-refractivity contribution in [1.29, 1.82) is 0 Å². The molecule has 5 nitrogen and oxygen atoms in total. The second kappa shape index (κ2) is 6.54. The van der Waals surface area contributed by atoms with Crippen molar-refractivity contribution in [3.8, 4) is 5.75 Å². The van der Waals surface area contributed by atoms with Crippen LogP contribution in [0.4, 0.5) is 11.4 Å². The van der Waals surface area contributed by atoms with Crippen LogP contribution >= 0.6 is 0 Å². The Bertz CT molecular complexity index is 471. The minimum Gasteiger partial charge on any atom is -0.489 e. The maximum absolute atomic E-state index is 10.6. The van der Waals surface area contributed by atoms with Crippen molar-refractivity contribution in [2.75, 3.05) is 37.4 Å². The molecule has 0 spiro atoms. The van der Waals surface area contributed by atoms with E-state index in [0.717, 1.165) is 5.69 Å². The molecule has 0 atom stereocenters.